The number of hydrogen-bond acceptors (Lipinski definition) is 5. The molecule has 0 saturated heterocycles. The number of carboxylic acid groups (broad SMARTS) is 1. The summed E-state index contributed by atoms with van der Waals surface area (Å²) in [5.74, 6) is -1.92. The standard InChI is InChI=1S/C25H22N2O4S/c28-24(29)13-19(12-17-6-2-1-3-7-17)25(30)26-14-23-27-22(16-32-23)21-9-5-4-8-20(21)18-10-11-31-15-18/h1-11,15-16,19H,12-14H2,(H,26,30)(H,28,29)/t19-/m1/s1. The van der Waals surface area contributed by atoms with E-state index in [9.17, 15) is 14.7 Å². The lowest BCUT2D eigenvalue weighted by Gasteiger charge is -2.14. The molecule has 1 amide bonds. The molecule has 2 heterocycles. The molecule has 0 radical (unpaired) electrons. The minimum atomic E-state index is -0.992. The zero-order valence-electron chi connectivity index (χ0n) is 17.2. The van der Waals surface area contributed by atoms with Crippen molar-refractivity contribution in [1.82, 2.24) is 10.3 Å². The van der Waals surface area contributed by atoms with Gasteiger partial charge in [0.2, 0.25) is 5.91 Å². The molecule has 0 fully saturated rings. The lowest BCUT2D eigenvalue weighted by atomic mass is 9.95. The first kappa shape index (κ1) is 21.5. The largest absolute Gasteiger partial charge is 0.481 e. The van der Waals surface area contributed by atoms with E-state index in [0.717, 1.165) is 33.0 Å². The van der Waals surface area contributed by atoms with Crippen LogP contribution in [-0.4, -0.2) is 22.0 Å². The molecule has 0 aliphatic carbocycles. The van der Waals surface area contributed by atoms with Crippen molar-refractivity contribution in [2.75, 3.05) is 0 Å². The van der Waals surface area contributed by atoms with Crippen molar-refractivity contribution in [2.45, 2.75) is 19.4 Å². The van der Waals surface area contributed by atoms with Gasteiger partial charge >= 0.3 is 5.97 Å². The van der Waals surface area contributed by atoms with Gasteiger partial charge in [-0.25, -0.2) is 4.98 Å². The van der Waals surface area contributed by atoms with Gasteiger partial charge in [0, 0.05) is 16.5 Å². The molecule has 0 bridgehead atoms. The quantitative estimate of drug-likeness (QED) is 0.377. The van der Waals surface area contributed by atoms with Crippen LogP contribution >= 0.6 is 11.3 Å². The molecule has 2 aromatic carbocycles. The Hall–Kier alpha value is -3.71. The van der Waals surface area contributed by atoms with E-state index < -0.39 is 11.9 Å². The summed E-state index contributed by atoms with van der Waals surface area (Å²) >= 11 is 1.46. The van der Waals surface area contributed by atoms with Gasteiger partial charge in [-0.15, -0.1) is 11.3 Å². The molecule has 1 atom stereocenters. The van der Waals surface area contributed by atoms with Crippen LogP contribution in [0.1, 0.15) is 17.0 Å². The first-order chi connectivity index (χ1) is 15.6. The van der Waals surface area contributed by atoms with E-state index >= 15 is 0 Å². The second-order valence-corrected chi connectivity index (χ2v) is 8.33. The van der Waals surface area contributed by atoms with Crippen molar-refractivity contribution in [3.8, 4) is 22.4 Å². The van der Waals surface area contributed by atoms with Crippen LogP contribution in [-0.2, 0) is 22.6 Å². The van der Waals surface area contributed by atoms with Gasteiger partial charge in [-0.3, -0.25) is 9.59 Å². The summed E-state index contributed by atoms with van der Waals surface area (Å²) in [5, 5.41) is 14.8. The summed E-state index contributed by atoms with van der Waals surface area (Å²) in [4.78, 5) is 28.7. The number of carbonyl (C=O) groups excluding carboxylic acids is 1. The molecule has 0 aliphatic heterocycles. The minimum Gasteiger partial charge on any atom is -0.481 e. The fourth-order valence-electron chi connectivity index (χ4n) is 3.57. The molecule has 7 heteroatoms. The van der Waals surface area contributed by atoms with Crippen molar-refractivity contribution >= 4 is 23.2 Å². The highest BCUT2D eigenvalue weighted by molar-refractivity contribution is 7.09. The highest BCUT2D eigenvalue weighted by Crippen LogP contribution is 2.32. The second kappa shape index (κ2) is 10.1. The van der Waals surface area contributed by atoms with Gasteiger partial charge in [-0.1, -0.05) is 54.6 Å². The zero-order chi connectivity index (χ0) is 22.3. The average Bonchev–Trinajstić information content (AvgIpc) is 3.50. The van der Waals surface area contributed by atoms with Crippen LogP contribution in [0.3, 0.4) is 0 Å². The lowest BCUT2D eigenvalue weighted by Crippen LogP contribution is -2.33. The van der Waals surface area contributed by atoms with E-state index in [4.69, 9.17) is 4.42 Å². The SMILES string of the molecule is O=C(O)C[C@@H](Cc1ccccc1)C(=O)NCc1nc(-c2ccccc2-c2ccoc2)cs1. The summed E-state index contributed by atoms with van der Waals surface area (Å²) in [6, 6.07) is 19.3. The molecular weight excluding hydrogens is 424 g/mol. The predicted octanol–water partition coefficient (Wildman–Crippen LogP) is 5.02. The third kappa shape index (κ3) is 5.31. The smallest absolute Gasteiger partial charge is 0.304 e. The van der Waals surface area contributed by atoms with E-state index in [1.165, 1.54) is 11.3 Å². The number of aliphatic carboxylic acids is 1. The topological polar surface area (TPSA) is 92.4 Å². The number of furan rings is 1. The van der Waals surface area contributed by atoms with Crippen LogP contribution in [0.4, 0.5) is 0 Å². The van der Waals surface area contributed by atoms with Crippen LogP contribution < -0.4 is 5.32 Å². The Kier molecular flexibility index (Phi) is 6.77. The molecular formula is C25H22N2O4S. The Morgan fingerprint density at radius 3 is 2.50 bits per heavy atom. The van der Waals surface area contributed by atoms with Gasteiger partial charge in [-0.05, 0) is 23.6 Å². The van der Waals surface area contributed by atoms with Crippen LogP contribution in [0.25, 0.3) is 22.4 Å². The maximum atomic E-state index is 12.7. The Bertz CT molecular complexity index is 1190. The Morgan fingerprint density at radius 2 is 1.78 bits per heavy atom. The van der Waals surface area contributed by atoms with Crippen molar-refractivity contribution in [1.29, 1.82) is 0 Å². The van der Waals surface area contributed by atoms with Crippen LogP contribution in [0, 0.1) is 5.92 Å². The first-order valence-corrected chi connectivity index (χ1v) is 11.1. The lowest BCUT2D eigenvalue weighted by molar-refractivity contribution is -0.141. The van der Waals surface area contributed by atoms with Gasteiger partial charge in [0.1, 0.15) is 5.01 Å². The fraction of sp³-hybridized carbons (Fsp3) is 0.160. The molecule has 2 N–H and O–H groups in total. The maximum Gasteiger partial charge on any atom is 0.304 e. The normalized spacial score (nSPS) is 11.8. The number of hydrogen-bond donors (Lipinski definition) is 2. The number of nitrogens with zero attached hydrogens (tertiary/aromatic N) is 1. The minimum absolute atomic E-state index is 0.220. The van der Waals surface area contributed by atoms with Gasteiger partial charge in [0.05, 0.1) is 37.1 Å². The van der Waals surface area contributed by atoms with Gasteiger partial charge in [0.25, 0.3) is 0 Å². The molecule has 6 nitrogen and oxygen atoms in total. The Balaban J connectivity index is 1.44. The Labute approximate surface area is 189 Å². The van der Waals surface area contributed by atoms with E-state index in [0.29, 0.717) is 6.42 Å². The van der Waals surface area contributed by atoms with Gasteiger partial charge < -0.3 is 14.8 Å². The van der Waals surface area contributed by atoms with Crippen molar-refractivity contribution in [2.24, 2.45) is 5.92 Å². The monoisotopic (exact) mass is 446 g/mol. The molecule has 4 aromatic rings. The summed E-state index contributed by atoms with van der Waals surface area (Å²) in [7, 11) is 0. The van der Waals surface area contributed by atoms with Crippen molar-refractivity contribution < 1.29 is 19.1 Å². The highest BCUT2D eigenvalue weighted by atomic mass is 32.1. The molecule has 0 unspecified atom stereocenters. The number of carbonyl (C=O) groups is 2. The third-order valence-corrected chi connectivity index (χ3v) is 5.97. The van der Waals surface area contributed by atoms with E-state index in [1.807, 2.05) is 66.0 Å². The van der Waals surface area contributed by atoms with E-state index in [-0.39, 0.29) is 18.9 Å². The van der Waals surface area contributed by atoms with E-state index in [2.05, 4.69) is 10.3 Å². The number of rotatable bonds is 9. The molecule has 0 spiro atoms. The van der Waals surface area contributed by atoms with Crippen molar-refractivity contribution in [3.63, 3.8) is 0 Å². The van der Waals surface area contributed by atoms with Gasteiger partial charge in [0.15, 0.2) is 0 Å². The highest BCUT2D eigenvalue weighted by Gasteiger charge is 2.22. The predicted molar refractivity (Wildman–Crippen MR) is 123 cm³/mol. The van der Waals surface area contributed by atoms with Crippen molar-refractivity contribution in [3.05, 3.63) is 89.1 Å². The Morgan fingerprint density at radius 1 is 1.03 bits per heavy atom. The third-order valence-electron chi connectivity index (χ3n) is 5.12. The molecule has 4 rings (SSSR count). The maximum absolute atomic E-state index is 12.7. The molecule has 162 valence electrons. The molecule has 0 aliphatic rings. The summed E-state index contributed by atoms with van der Waals surface area (Å²) in [6.45, 7) is 0.252. The number of thiazole rings is 1. The summed E-state index contributed by atoms with van der Waals surface area (Å²) in [5.41, 5.74) is 4.73. The molecule has 2 aromatic heterocycles. The molecule has 32 heavy (non-hydrogen) atoms. The van der Waals surface area contributed by atoms with Crippen LogP contribution in [0.5, 0.6) is 0 Å². The summed E-state index contributed by atoms with van der Waals surface area (Å²) < 4.78 is 5.22. The molecule has 0 saturated carbocycles. The van der Waals surface area contributed by atoms with Crippen LogP contribution in [0.15, 0.2) is 83.0 Å². The van der Waals surface area contributed by atoms with Crippen LogP contribution in [0.2, 0.25) is 0 Å². The number of amides is 1. The first-order valence-electron chi connectivity index (χ1n) is 10.2. The number of aromatic nitrogens is 1. The average molecular weight is 447 g/mol. The number of nitrogens with one attached hydrogen (secondary N) is 1. The fourth-order valence-corrected chi connectivity index (χ4v) is 4.30. The second-order valence-electron chi connectivity index (χ2n) is 7.39. The van der Waals surface area contributed by atoms with Gasteiger partial charge in [-0.2, -0.15) is 0 Å². The zero-order valence-corrected chi connectivity index (χ0v) is 18.0. The summed E-state index contributed by atoms with van der Waals surface area (Å²) in [6.07, 6.45) is 3.49. The number of carboxylic acids is 1. The number of benzene rings is 2. The van der Waals surface area contributed by atoms with E-state index in [1.54, 1.807) is 12.5 Å².